The molecule has 5 aromatic rings. The summed E-state index contributed by atoms with van der Waals surface area (Å²) in [5.41, 5.74) is 5.31. The van der Waals surface area contributed by atoms with E-state index in [0.29, 0.717) is 61.4 Å². The van der Waals surface area contributed by atoms with Crippen molar-refractivity contribution < 1.29 is 41.8 Å². The Morgan fingerprint density at radius 1 is 0.941 bits per heavy atom. The number of sulfonamides is 1. The molecule has 3 N–H and O–H groups in total. The lowest BCUT2D eigenvalue weighted by atomic mass is 9.59. The van der Waals surface area contributed by atoms with Crippen molar-refractivity contribution >= 4 is 55.4 Å². The van der Waals surface area contributed by atoms with Crippen molar-refractivity contribution in [3.8, 4) is 11.6 Å². The van der Waals surface area contributed by atoms with Gasteiger partial charge >= 0.3 is 0 Å². The topological polar surface area (TPSA) is 203 Å². The van der Waals surface area contributed by atoms with Crippen molar-refractivity contribution in [3.05, 3.63) is 99.7 Å². The van der Waals surface area contributed by atoms with E-state index in [1.165, 1.54) is 42.9 Å². The fourth-order valence-corrected chi connectivity index (χ4v) is 12.9. The number of benzene rings is 3. The average molecular weight is 947 g/mol. The minimum Gasteiger partial charge on any atom is -0.489 e. The number of rotatable bonds is 9. The zero-order chi connectivity index (χ0) is 46.3. The normalized spacial score (nSPS) is 25.7. The number of fused-ring (bicyclic) bond motifs is 4. The molecule has 3 aromatic carbocycles. The third kappa shape index (κ3) is 7.58. The largest absolute Gasteiger partial charge is 0.489 e. The number of hydrogen-bond donors (Lipinski definition) is 3. The molecule has 19 heteroatoms. The van der Waals surface area contributed by atoms with Gasteiger partial charge in [-0.25, -0.2) is 13.1 Å². The standard InChI is InChI=1S/C49H54N8O10S/c1-29-5-2-3-6-34(29)37-7-4-14-55(37)32-23-49(24-32)11-15-54(16-12-49)31-8-9-35(38(20-31)56-40-19-30-10-13-50-46(30)52-48(40)67-44-28-64-26-41(44)56)47(58)53-68(61,62)33-21-39(57(59)60)45-42(22-33)66-25-36(51-45)43-27-63-17-18-65-43/h2-3,5-6,8-10,13,19-22,32,36-37,41,43-44,51H,4,7,11-12,14-18,23-28H2,1H3,(H,50,52)(H,53,58)/t36-,37+,41-,43-,44-/m1/s1. The van der Waals surface area contributed by atoms with E-state index in [1.54, 1.807) is 12.3 Å². The monoisotopic (exact) mass is 946 g/mol. The SMILES string of the molecule is Cc1ccccc1[C@@H]1CCCN1C1CC2(CCN(c3ccc(C(=O)NS(=O)(=O)c4cc5c(c([N+](=O)[O-])c4)N[C@@H]([C@H]4COCCO4)CO5)c(N4c5cc6cc[nH]c6nc5O[C@@H]5COC[C@H]54)c3)CC2)C1. The number of nitrogens with zero attached hydrogens (tertiary/aromatic N) is 5. The molecule has 5 atom stereocenters. The zero-order valence-corrected chi connectivity index (χ0v) is 38.5. The molecule has 1 aliphatic carbocycles. The molecule has 0 radical (unpaired) electrons. The van der Waals surface area contributed by atoms with E-state index in [9.17, 15) is 23.3 Å². The number of anilines is 4. The lowest BCUT2D eigenvalue weighted by Crippen LogP contribution is -2.55. The van der Waals surface area contributed by atoms with Crippen molar-refractivity contribution in [2.75, 3.05) is 74.4 Å². The number of ether oxygens (including phenoxy) is 5. The molecular weight excluding hydrogens is 893 g/mol. The minimum atomic E-state index is -4.71. The highest BCUT2D eigenvalue weighted by atomic mass is 32.2. The Labute approximate surface area is 393 Å². The number of pyridine rings is 1. The van der Waals surface area contributed by atoms with Gasteiger partial charge < -0.3 is 43.8 Å². The number of aromatic nitrogens is 2. The number of hydrogen-bond acceptors (Lipinski definition) is 15. The molecule has 0 unspecified atom stereocenters. The van der Waals surface area contributed by atoms with E-state index in [4.69, 9.17) is 28.7 Å². The van der Waals surface area contributed by atoms with Gasteiger partial charge in [0.25, 0.3) is 21.6 Å². The second-order valence-corrected chi connectivity index (χ2v) is 21.1. The van der Waals surface area contributed by atoms with Crippen LogP contribution in [-0.2, 0) is 24.2 Å². The van der Waals surface area contributed by atoms with Gasteiger partial charge in [0.15, 0.2) is 11.4 Å². The molecule has 12 rings (SSSR count). The highest BCUT2D eigenvalue weighted by Crippen LogP contribution is 2.55. The fraction of sp³-hybridized carbons (Fsp3) is 0.469. The molecule has 6 aliphatic heterocycles. The molecule has 7 aliphatic rings. The number of piperidine rings is 1. The van der Waals surface area contributed by atoms with Crippen LogP contribution in [0.25, 0.3) is 11.0 Å². The van der Waals surface area contributed by atoms with Gasteiger partial charge in [-0.3, -0.25) is 19.8 Å². The Kier molecular flexibility index (Phi) is 10.8. The molecule has 4 saturated heterocycles. The van der Waals surface area contributed by atoms with Crippen molar-refractivity contribution in [1.82, 2.24) is 19.6 Å². The second-order valence-electron chi connectivity index (χ2n) is 19.4. The molecule has 8 heterocycles. The number of likely N-dealkylation sites (tertiary alicyclic amines) is 1. The van der Waals surface area contributed by atoms with E-state index in [2.05, 4.69) is 56.0 Å². The van der Waals surface area contributed by atoms with Crippen LogP contribution in [0.2, 0.25) is 0 Å². The first-order chi connectivity index (χ1) is 33.0. The highest BCUT2D eigenvalue weighted by Gasteiger charge is 2.50. The van der Waals surface area contributed by atoms with Crippen molar-refractivity contribution in [2.24, 2.45) is 5.41 Å². The predicted molar refractivity (Wildman–Crippen MR) is 252 cm³/mol. The maximum atomic E-state index is 14.7. The molecule has 0 bridgehead atoms. The predicted octanol–water partition coefficient (Wildman–Crippen LogP) is 6.37. The molecule has 5 fully saturated rings. The summed E-state index contributed by atoms with van der Waals surface area (Å²) in [7, 11) is -4.71. The Bertz CT molecular complexity index is 2910. The van der Waals surface area contributed by atoms with Crippen LogP contribution < -0.4 is 29.3 Å². The molecule has 356 valence electrons. The maximum absolute atomic E-state index is 14.7. The van der Waals surface area contributed by atoms with Crippen molar-refractivity contribution in [3.63, 3.8) is 0 Å². The van der Waals surface area contributed by atoms with Gasteiger partial charge in [0, 0.05) is 54.6 Å². The number of aryl methyl sites for hydroxylation is 1. The third-order valence-corrected chi connectivity index (χ3v) is 16.8. The van der Waals surface area contributed by atoms with Gasteiger partial charge in [-0.05, 0) is 98.9 Å². The first kappa shape index (κ1) is 43.3. The second kappa shape index (κ2) is 16.9. The Balaban J connectivity index is 0.838. The quantitative estimate of drug-likeness (QED) is 0.109. The molecular formula is C49H54N8O10S. The van der Waals surface area contributed by atoms with E-state index >= 15 is 0 Å². The van der Waals surface area contributed by atoms with Gasteiger partial charge in [0.1, 0.15) is 30.1 Å². The van der Waals surface area contributed by atoms with Gasteiger partial charge in [0.05, 0.1) is 66.2 Å². The van der Waals surface area contributed by atoms with Crippen LogP contribution in [0, 0.1) is 22.5 Å². The molecule has 1 saturated carbocycles. The molecule has 1 amide bonds. The summed E-state index contributed by atoms with van der Waals surface area (Å²) in [6, 6.07) is 20.5. The first-order valence-corrected chi connectivity index (χ1v) is 25.2. The minimum absolute atomic E-state index is 0.0205. The fourth-order valence-electron chi connectivity index (χ4n) is 11.9. The average Bonchev–Trinajstić information content (AvgIpc) is 4.13. The molecule has 18 nitrogen and oxygen atoms in total. The number of amides is 1. The van der Waals surface area contributed by atoms with Crippen molar-refractivity contribution in [1.29, 1.82) is 0 Å². The molecule has 2 aromatic heterocycles. The van der Waals surface area contributed by atoms with Crippen LogP contribution >= 0.6 is 0 Å². The number of carbonyl (C=O) groups excluding carboxylic acids is 1. The van der Waals surface area contributed by atoms with Gasteiger partial charge in [-0.1, -0.05) is 24.3 Å². The van der Waals surface area contributed by atoms with Gasteiger partial charge in [-0.2, -0.15) is 4.98 Å². The van der Waals surface area contributed by atoms with Gasteiger partial charge in [-0.15, -0.1) is 0 Å². The van der Waals surface area contributed by atoms with E-state index in [1.807, 2.05) is 29.2 Å². The lowest BCUT2D eigenvalue weighted by Gasteiger charge is -2.56. The Morgan fingerprint density at radius 3 is 2.59 bits per heavy atom. The number of nitro benzene ring substituents is 1. The summed E-state index contributed by atoms with van der Waals surface area (Å²) >= 11 is 0. The number of carbonyl (C=O) groups is 1. The van der Waals surface area contributed by atoms with Crippen LogP contribution in [-0.4, -0.2) is 124 Å². The summed E-state index contributed by atoms with van der Waals surface area (Å²) in [4.78, 5) is 41.0. The first-order valence-electron chi connectivity index (χ1n) is 23.7. The van der Waals surface area contributed by atoms with E-state index < -0.39 is 49.7 Å². The summed E-state index contributed by atoms with van der Waals surface area (Å²) in [5.74, 6) is -0.587. The lowest BCUT2D eigenvalue weighted by molar-refractivity contribution is -0.384. The van der Waals surface area contributed by atoms with Crippen LogP contribution in [0.1, 0.15) is 66.1 Å². The third-order valence-electron chi connectivity index (χ3n) is 15.5. The Hall–Kier alpha value is -5.99. The van der Waals surface area contributed by atoms with E-state index in [-0.39, 0.29) is 41.7 Å². The zero-order valence-electron chi connectivity index (χ0n) is 37.7. The number of nitrogens with one attached hydrogen (secondary N) is 3. The smallest absolute Gasteiger partial charge is 0.297 e. The number of nitro groups is 1. The van der Waals surface area contributed by atoms with Crippen LogP contribution in [0.15, 0.2) is 77.8 Å². The summed E-state index contributed by atoms with van der Waals surface area (Å²) < 4.78 is 60.4. The molecule has 1 spiro atoms. The summed E-state index contributed by atoms with van der Waals surface area (Å²) in [5, 5.41) is 16.4. The Morgan fingerprint density at radius 2 is 1.78 bits per heavy atom. The van der Waals surface area contributed by atoms with E-state index in [0.717, 1.165) is 49.6 Å². The summed E-state index contributed by atoms with van der Waals surface area (Å²) in [6.07, 6.45) is 7.86. The summed E-state index contributed by atoms with van der Waals surface area (Å²) in [6.45, 7) is 6.77. The number of aromatic amines is 1. The van der Waals surface area contributed by atoms with Crippen molar-refractivity contribution in [2.45, 2.75) is 86.7 Å². The van der Waals surface area contributed by atoms with Gasteiger partial charge in [0.2, 0.25) is 5.88 Å². The highest BCUT2D eigenvalue weighted by molar-refractivity contribution is 7.90. The van der Waals surface area contributed by atoms with Crippen LogP contribution in [0.3, 0.4) is 0 Å². The number of H-pyrrole nitrogens is 1. The van der Waals surface area contributed by atoms with Crippen LogP contribution in [0.5, 0.6) is 11.6 Å². The van der Waals surface area contributed by atoms with Crippen LogP contribution in [0.4, 0.5) is 28.4 Å². The maximum Gasteiger partial charge on any atom is 0.297 e. The molecule has 68 heavy (non-hydrogen) atoms.